The van der Waals surface area contributed by atoms with E-state index in [9.17, 15) is 0 Å². The highest BCUT2D eigenvalue weighted by atomic mass is 15.3. The summed E-state index contributed by atoms with van der Waals surface area (Å²) >= 11 is 0. The molecule has 2 N–H and O–H groups in total. The molecule has 2 heterocycles. The molecule has 0 spiro atoms. The van der Waals surface area contributed by atoms with Gasteiger partial charge in [-0.1, -0.05) is 6.92 Å². The summed E-state index contributed by atoms with van der Waals surface area (Å²) in [6, 6.07) is 2.39. The summed E-state index contributed by atoms with van der Waals surface area (Å²) < 4.78 is 0. The van der Waals surface area contributed by atoms with Gasteiger partial charge in [0, 0.05) is 30.5 Å². The van der Waals surface area contributed by atoms with Gasteiger partial charge in [0.1, 0.15) is 0 Å². The van der Waals surface area contributed by atoms with Crippen LogP contribution in [0.3, 0.4) is 0 Å². The Hall–Kier alpha value is -1.16. The standard InChI is InChI=1S/C12H20N4/c1-8-4-5-16(11(8)7-13)12-14-9(2)6-10(3)15-12/h6,8,11H,4-5,7,13H2,1-3H3. The lowest BCUT2D eigenvalue weighted by atomic mass is 10.0. The van der Waals surface area contributed by atoms with Crippen LogP contribution in [0, 0.1) is 19.8 Å². The number of hydrogen-bond donors (Lipinski definition) is 1. The molecule has 88 valence electrons. The van der Waals surface area contributed by atoms with Crippen molar-refractivity contribution in [3.8, 4) is 0 Å². The van der Waals surface area contributed by atoms with Gasteiger partial charge in [-0.25, -0.2) is 9.97 Å². The normalized spacial score (nSPS) is 25.1. The van der Waals surface area contributed by atoms with Crippen molar-refractivity contribution in [2.45, 2.75) is 33.2 Å². The molecule has 4 nitrogen and oxygen atoms in total. The molecule has 1 aliphatic rings. The number of anilines is 1. The van der Waals surface area contributed by atoms with E-state index in [1.165, 1.54) is 6.42 Å². The largest absolute Gasteiger partial charge is 0.336 e. The van der Waals surface area contributed by atoms with Crippen LogP contribution in [-0.4, -0.2) is 29.1 Å². The third-order valence-corrected chi connectivity index (χ3v) is 3.35. The zero-order valence-corrected chi connectivity index (χ0v) is 10.3. The van der Waals surface area contributed by atoms with Crippen molar-refractivity contribution in [3.63, 3.8) is 0 Å². The zero-order chi connectivity index (χ0) is 11.7. The number of rotatable bonds is 2. The highest BCUT2D eigenvalue weighted by molar-refractivity contribution is 5.36. The predicted octanol–water partition coefficient (Wildman–Crippen LogP) is 1.27. The quantitative estimate of drug-likeness (QED) is 0.815. The van der Waals surface area contributed by atoms with Gasteiger partial charge in [-0.2, -0.15) is 0 Å². The van der Waals surface area contributed by atoms with Gasteiger partial charge in [0.2, 0.25) is 5.95 Å². The van der Waals surface area contributed by atoms with Gasteiger partial charge in [-0.15, -0.1) is 0 Å². The molecule has 0 radical (unpaired) electrons. The molecular formula is C12H20N4. The topological polar surface area (TPSA) is 55.0 Å². The van der Waals surface area contributed by atoms with Crippen molar-refractivity contribution in [2.24, 2.45) is 11.7 Å². The Bertz CT molecular complexity index is 357. The second-order valence-corrected chi connectivity index (χ2v) is 4.71. The summed E-state index contributed by atoms with van der Waals surface area (Å²) in [5.41, 5.74) is 7.88. The van der Waals surface area contributed by atoms with Crippen molar-refractivity contribution in [3.05, 3.63) is 17.5 Å². The Labute approximate surface area is 96.9 Å². The maximum atomic E-state index is 5.83. The minimum atomic E-state index is 0.390. The minimum absolute atomic E-state index is 0.390. The molecule has 0 amide bonds. The third kappa shape index (κ3) is 2.02. The van der Waals surface area contributed by atoms with Crippen LogP contribution in [0.1, 0.15) is 24.7 Å². The summed E-state index contributed by atoms with van der Waals surface area (Å²) in [6.07, 6.45) is 1.18. The van der Waals surface area contributed by atoms with E-state index >= 15 is 0 Å². The first kappa shape index (κ1) is 11.3. The molecule has 4 heteroatoms. The van der Waals surface area contributed by atoms with E-state index in [0.717, 1.165) is 23.9 Å². The lowest BCUT2D eigenvalue weighted by molar-refractivity contribution is 0.515. The maximum Gasteiger partial charge on any atom is 0.226 e. The number of nitrogens with two attached hydrogens (primary N) is 1. The molecule has 16 heavy (non-hydrogen) atoms. The van der Waals surface area contributed by atoms with Crippen LogP contribution in [-0.2, 0) is 0 Å². The molecule has 1 aromatic rings. The average molecular weight is 220 g/mol. The highest BCUT2D eigenvalue weighted by Crippen LogP contribution is 2.26. The molecule has 0 aromatic carbocycles. The first-order chi connectivity index (χ1) is 7.61. The Morgan fingerprint density at radius 2 is 2.00 bits per heavy atom. The van der Waals surface area contributed by atoms with E-state index in [1.807, 2.05) is 19.9 Å². The molecule has 0 bridgehead atoms. The van der Waals surface area contributed by atoms with Crippen LogP contribution in [0.4, 0.5) is 5.95 Å². The lowest BCUT2D eigenvalue weighted by Crippen LogP contribution is -2.39. The maximum absolute atomic E-state index is 5.83. The number of hydrogen-bond acceptors (Lipinski definition) is 4. The van der Waals surface area contributed by atoms with Gasteiger partial charge >= 0.3 is 0 Å². The second-order valence-electron chi connectivity index (χ2n) is 4.71. The molecule has 1 saturated heterocycles. The fraction of sp³-hybridized carbons (Fsp3) is 0.667. The summed E-state index contributed by atoms with van der Waals surface area (Å²) in [5.74, 6) is 1.48. The lowest BCUT2D eigenvalue weighted by Gasteiger charge is -2.26. The van der Waals surface area contributed by atoms with E-state index in [0.29, 0.717) is 18.5 Å². The molecule has 0 saturated carbocycles. The van der Waals surface area contributed by atoms with Gasteiger partial charge in [0.15, 0.2) is 0 Å². The summed E-state index contributed by atoms with van der Waals surface area (Å²) in [5, 5.41) is 0. The van der Waals surface area contributed by atoms with Crippen LogP contribution in [0.5, 0.6) is 0 Å². The average Bonchev–Trinajstić information content (AvgIpc) is 2.58. The van der Waals surface area contributed by atoms with Gasteiger partial charge in [0.05, 0.1) is 0 Å². The van der Waals surface area contributed by atoms with Gasteiger partial charge in [-0.05, 0) is 32.3 Å². The fourth-order valence-corrected chi connectivity index (χ4v) is 2.45. The van der Waals surface area contributed by atoms with E-state index in [1.54, 1.807) is 0 Å². The van der Waals surface area contributed by atoms with Gasteiger partial charge < -0.3 is 10.6 Å². The van der Waals surface area contributed by atoms with E-state index < -0.39 is 0 Å². The van der Waals surface area contributed by atoms with E-state index in [4.69, 9.17) is 5.73 Å². The molecule has 0 aliphatic carbocycles. The molecular weight excluding hydrogens is 200 g/mol. The molecule has 1 aliphatic heterocycles. The number of aryl methyl sites for hydroxylation is 2. The minimum Gasteiger partial charge on any atom is -0.336 e. The van der Waals surface area contributed by atoms with Crippen molar-refractivity contribution in [1.29, 1.82) is 0 Å². The summed E-state index contributed by atoms with van der Waals surface area (Å²) in [6.45, 7) is 7.97. The monoisotopic (exact) mass is 220 g/mol. The third-order valence-electron chi connectivity index (χ3n) is 3.35. The Morgan fingerprint density at radius 3 is 2.56 bits per heavy atom. The number of aromatic nitrogens is 2. The van der Waals surface area contributed by atoms with Crippen molar-refractivity contribution in [2.75, 3.05) is 18.0 Å². The van der Waals surface area contributed by atoms with Crippen molar-refractivity contribution in [1.82, 2.24) is 9.97 Å². The number of nitrogens with zero attached hydrogens (tertiary/aromatic N) is 3. The van der Waals surface area contributed by atoms with Gasteiger partial charge in [0.25, 0.3) is 0 Å². The van der Waals surface area contributed by atoms with Crippen LogP contribution >= 0.6 is 0 Å². The summed E-state index contributed by atoms with van der Waals surface area (Å²) in [7, 11) is 0. The van der Waals surface area contributed by atoms with Crippen LogP contribution < -0.4 is 10.6 Å². The Morgan fingerprint density at radius 1 is 1.38 bits per heavy atom. The molecule has 1 fully saturated rings. The predicted molar refractivity (Wildman–Crippen MR) is 65.5 cm³/mol. The van der Waals surface area contributed by atoms with Gasteiger partial charge in [-0.3, -0.25) is 0 Å². The Kier molecular flexibility index (Phi) is 3.10. The van der Waals surface area contributed by atoms with E-state index in [-0.39, 0.29) is 0 Å². The first-order valence-electron chi connectivity index (χ1n) is 5.91. The van der Waals surface area contributed by atoms with Crippen molar-refractivity contribution < 1.29 is 0 Å². The molecule has 2 unspecified atom stereocenters. The molecule has 2 rings (SSSR count). The van der Waals surface area contributed by atoms with Crippen LogP contribution in [0.25, 0.3) is 0 Å². The highest BCUT2D eigenvalue weighted by Gasteiger charge is 2.31. The van der Waals surface area contributed by atoms with Crippen LogP contribution in [0.2, 0.25) is 0 Å². The SMILES string of the molecule is Cc1cc(C)nc(N2CCC(C)C2CN)n1. The molecule has 1 aromatic heterocycles. The summed E-state index contributed by atoms with van der Waals surface area (Å²) in [4.78, 5) is 11.3. The van der Waals surface area contributed by atoms with E-state index in [2.05, 4.69) is 21.8 Å². The fourth-order valence-electron chi connectivity index (χ4n) is 2.45. The van der Waals surface area contributed by atoms with Crippen molar-refractivity contribution >= 4 is 5.95 Å². The molecule has 2 atom stereocenters. The Balaban J connectivity index is 2.29. The second kappa shape index (κ2) is 4.37. The van der Waals surface area contributed by atoms with Crippen LogP contribution in [0.15, 0.2) is 6.07 Å². The first-order valence-corrected chi connectivity index (χ1v) is 5.91. The smallest absolute Gasteiger partial charge is 0.226 e. The zero-order valence-electron chi connectivity index (χ0n) is 10.3.